The highest BCUT2D eigenvalue weighted by Crippen LogP contribution is 2.23. The van der Waals surface area contributed by atoms with Crippen LogP contribution < -0.4 is 9.47 Å². The summed E-state index contributed by atoms with van der Waals surface area (Å²) in [6.45, 7) is 0. The van der Waals surface area contributed by atoms with Crippen LogP contribution in [0.15, 0.2) is 69.9 Å². The molecule has 22 heavy (non-hydrogen) atoms. The minimum absolute atomic E-state index is 0.126. The van der Waals surface area contributed by atoms with Gasteiger partial charge in [-0.15, -0.1) is 0 Å². The van der Waals surface area contributed by atoms with Crippen LogP contribution in [0.2, 0.25) is 0 Å². The van der Waals surface area contributed by atoms with Crippen molar-refractivity contribution in [1.82, 2.24) is 4.98 Å². The highest BCUT2D eigenvalue weighted by atomic mass is 79.9. The van der Waals surface area contributed by atoms with Crippen LogP contribution in [0.1, 0.15) is 10.6 Å². The van der Waals surface area contributed by atoms with Gasteiger partial charge in [0.15, 0.2) is 4.67 Å². The van der Waals surface area contributed by atoms with Gasteiger partial charge in [-0.3, -0.25) is 0 Å². The van der Waals surface area contributed by atoms with Crippen molar-refractivity contribution in [2.45, 2.75) is 0 Å². The normalized spacial score (nSPS) is 10.2. The molecule has 0 bridgehead atoms. The number of ether oxygens (including phenoxy) is 2. The Morgan fingerprint density at radius 2 is 1.77 bits per heavy atom. The van der Waals surface area contributed by atoms with Crippen molar-refractivity contribution in [2.24, 2.45) is 0 Å². The molecule has 1 aromatic carbocycles. The van der Waals surface area contributed by atoms with Gasteiger partial charge in [-0.1, -0.05) is 6.07 Å². The van der Waals surface area contributed by atoms with Gasteiger partial charge in [0.25, 0.3) is 0 Å². The Hall–Kier alpha value is -2.60. The lowest BCUT2D eigenvalue weighted by molar-refractivity contribution is 0.0700. The molecule has 0 fully saturated rings. The van der Waals surface area contributed by atoms with Crippen molar-refractivity contribution >= 4 is 21.9 Å². The second kappa shape index (κ2) is 6.44. The van der Waals surface area contributed by atoms with E-state index in [1.165, 1.54) is 6.07 Å². The number of esters is 1. The first-order chi connectivity index (χ1) is 10.7. The van der Waals surface area contributed by atoms with E-state index in [4.69, 9.17) is 13.9 Å². The van der Waals surface area contributed by atoms with Crippen LogP contribution in [0, 0.1) is 0 Å². The summed E-state index contributed by atoms with van der Waals surface area (Å²) in [5.41, 5.74) is 0. The third-order valence-electron chi connectivity index (χ3n) is 2.67. The molecule has 0 N–H and O–H groups in total. The second-order valence-electron chi connectivity index (χ2n) is 4.23. The number of benzene rings is 1. The zero-order chi connectivity index (χ0) is 15.4. The Morgan fingerprint density at radius 3 is 2.41 bits per heavy atom. The smallest absolute Gasteiger partial charge is 0.379 e. The Morgan fingerprint density at radius 1 is 1.00 bits per heavy atom. The molecule has 2 heterocycles. The zero-order valence-corrected chi connectivity index (χ0v) is 12.8. The summed E-state index contributed by atoms with van der Waals surface area (Å²) in [6.07, 6.45) is 1.65. The number of furan rings is 1. The number of pyridine rings is 1. The van der Waals surface area contributed by atoms with E-state index in [-0.39, 0.29) is 5.76 Å². The van der Waals surface area contributed by atoms with Gasteiger partial charge in [0.2, 0.25) is 11.6 Å². The van der Waals surface area contributed by atoms with Crippen molar-refractivity contribution in [1.29, 1.82) is 0 Å². The van der Waals surface area contributed by atoms with Crippen LogP contribution in [-0.4, -0.2) is 11.0 Å². The summed E-state index contributed by atoms with van der Waals surface area (Å²) >= 11 is 3.13. The topological polar surface area (TPSA) is 61.6 Å². The number of rotatable bonds is 4. The van der Waals surface area contributed by atoms with E-state index >= 15 is 0 Å². The molecule has 6 heteroatoms. The molecule has 0 aliphatic rings. The molecule has 0 spiro atoms. The second-order valence-corrected chi connectivity index (χ2v) is 5.02. The molecule has 0 atom stereocenters. The SMILES string of the molecule is O=C(Oc1ccc(Oc2ccccn2)cc1)c1ccc(Br)o1. The minimum Gasteiger partial charge on any atom is -0.442 e. The molecule has 3 rings (SSSR count). The lowest BCUT2D eigenvalue weighted by atomic mass is 10.3. The fraction of sp³-hybridized carbons (Fsp3) is 0. The first kappa shape index (κ1) is 14.3. The third-order valence-corrected chi connectivity index (χ3v) is 3.10. The third kappa shape index (κ3) is 3.53. The Balaban J connectivity index is 1.65. The van der Waals surface area contributed by atoms with E-state index in [0.717, 1.165) is 0 Å². The van der Waals surface area contributed by atoms with Crippen molar-refractivity contribution < 1.29 is 18.7 Å². The number of halogens is 1. The molecule has 2 aromatic heterocycles. The lowest BCUT2D eigenvalue weighted by Gasteiger charge is -2.06. The first-order valence-corrected chi connectivity index (χ1v) is 7.16. The predicted octanol–water partition coefficient (Wildman–Crippen LogP) is 4.45. The van der Waals surface area contributed by atoms with Crippen LogP contribution in [0.5, 0.6) is 17.4 Å². The Labute approximate surface area is 134 Å². The van der Waals surface area contributed by atoms with Crippen molar-refractivity contribution in [3.05, 3.63) is 71.2 Å². The van der Waals surface area contributed by atoms with Gasteiger partial charge in [0, 0.05) is 12.3 Å². The molecule has 0 saturated carbocycles. The first-order valence-electron chi connectivity index (χ1n) is 6.37. The van der Waals surface area contributed by atoms with Gasteiger partial charge >= 0.3 is 5.97 Å². The molecule has 110 valence electrons. The largest absolute Gasteiger partial charge is 0.442 e. The maximum Gasteiger partial charge on any atom is 0.379 e. The number of nitrogens with zero attached hydrogens (tertiary/aromatic N) is 1. The summed E-state index contributed by atoms with van der Waals surface area (Å²) in [6, 6.07) is 15.2. The van der Waals surface area contributed by atoms with E-state index in [1.54, 1.807) is 42.6 Å². The maximum absolute atomic E-state index is 11.8. The molecule has 5 nitrogen and oxygen atoms in total. The van der Waals surface area contributed by atoms with E-state index in [1.807, 2.05) is 12.1 Å². The van der Waals surface area contributed by atoms with Crippen molar-refractivity contribution in [3.8, 4) is 17.4 Å². The van der Waals surface area contributed by atoms with Gasteiger partial charge in [-0.2, -0.15) is 0 Å². The van der Waals surface area contributed by atoms with Gasteiger partial charge in [0.1, 0.15) is 11.5 Å². The molecule has 0 radical (unpaired) electrons. The van der Waals surface area contributed by atoms with Crippen LogP contribution in [0.3, 0.4) is 0 Å². The Kier molecular flexibility index (Phi) is 4.20. The van der Waals surface area contributed by atoms with Crippen LogP contribution in [0.25, 0.3) is 0 Å². The van der Waals surface area contributed by atoms with Crippen molar-refractivity contribution in [2.75, 3.05) is 0 Å². The van der Waals surface area contributed by atoms with E-state index in [0.29, 0.717) is 22.0 Å². The fourth-order valence-corrected chi connectivity index (χ4v) is 1.99. The molecule has 3 aromatic rings. The quantitative estimate of drug-likeness (QED) is 0.508. The Bertz CT molecular complexity index is 768. The maximum atomic E-state index is 11.8. The molecular formula is C16H10BrNO4. The number of hydrogen-bond acceptors (Lipinski definition) is 5. The predicted molar refractivity (Wildman–Crippen MR) is 82.1 cm³/mol. The van der Waals surface area contributed by atoms with Crippen LogP contribution in [0.4, 0.5) is 0 Å². The highest BCUT2D eigenvalue weighted by Gasteiger charge is 2.13. The lowest BCUT2D eigenvalue weighted by Crippen LogP contribution is -2.06. The average molecular weight is 360 g/mol. The zero-order valence-electron chi connectivity index (χ0n) is 11.2. The summed E-state index contributed by atoms with van der Waals surface area (Å²) in [5.74, 6) is 1.04. The van der Waals surface area contributed by atoms with E-state index < -0.39 is 5.97 Å². The standard InChI is InChI=1S/C16H10BrNO4/c17-14-9-8-13(22-14)16(19)21-12-6-4-11(5-7-12)20-15-3-1-2-10-18-15/h1-10H. The molecule has 0 saturated heterocycles. The van der Waals surface area contributed by atoms with E-state index in [9.17, 15) is 4.79 Å². The summed E-state index contributed by atoms with van der Waals surface area (Å²) in [4.78, 5) is 15.9. The van der Waals surface area contributed by atoms with Gasteiger partial charge in [0.05, 0.1) is 0 Å². The summed E-state index contributed by atoms with van der Waals surface area (Å²) in [7, 11) is 0. The number of carbonyl (C=O) groups is 1. The van der Waals surface area contributed by atoms with Crippen LogP contribution >= 0.6 is 15.9 Å². The average Bonchev–Trinajstić information content (AvgIpc) is 2.97. The molecule has 0 amide bonds. The van der Waals surface area contributed by atoms with Crippen LogP contribution in [-0.2, 0) is 0 Å². The van der Waals surface area contributed by atoms with E-state index in [2.05, 4.69) is 20.9 Å². The minimum atomic E-state index is -0.566. The number of carbonyl (C=O) groups excluding carboxylic acids is 1. The molecular weight excluding hydrogens is 350 g/mol. The number of aromatic nitrogens is 1. The monoisotopic (exact) mass is 359 g/mol. The molecule has 0 unspecified atom stereocenters. The van der Waals surface area contributed by atoms with Gasteiger partial charge in [-0.05, 0) is 58.4 Å². The summed E-state index contributed by atoms with van der Waals surface area (Å²) < 4.78 is 16.3. The fourth-order valence-electron chi connectivity index (χ4n) is 1.69. The summed E-state index contributed by atoms with van der Waals surface area (Å²) in [5, 5.41) is 0. The molecule has 0 aliphatic heterocycles. The number of hydrogen-bond donors (Lipinski definition) is 0. The van der Waals surface area contributed by atoms with Crippen molar-refractivity contribution in [3.63, 3.8) is 0 Å². The van der Waals surface area contributed by atoms with Gasteiger partial charge < -0.3 is 13.9 Å². The highest BCUT2D eigenvalue weighted by molar-refractivity contribution is 9.10. The molecule has 0 aliphatic carbocycles. The van der Waals surface area contributed by atoms with Gasteiger partial charge in [-0.25, -0.2) is 9.78 Å².